The number of anilines is 1. The van der Waals surface area contributed by atoms with E-state index in [1.165, 1.54) is 6.07 Å². The van der Waals surface area contributed by atoms with E-state index in [0.717, 1.165) is 30.9 Å². The van der Waals surface area contributed by atoms with Gasteiger partial charge >= 0.3 is 0 Å². The molecule has 1 heterocycles. The van der Waals surface area contributed by atoms with Crippen molar-refractivity contribution in [2.24, 2.45) is 5.73 Å². The van der Waals surface area contributed by atoms with Gasteiger partial charge < -0.3 is 15.5 Å². The Balaban J connectivity index is 2.28. The van der Waals surface area contributed by atoms with E-state index in [1.54, 1.807) is 6.07 Å². The molecule has 100 valence electrons. The van der Waals surface area contributed by atoms with Crippen molar-refractivity contribution in [1.82, 2.24) is 4.90 Å². The van der Waals surface area contributed by atoms with Gasteiger partial charge in [-0.1, -0.05) is 0 Å². The van der Waals surface area contributed by atoms with Crippen LogP contribution in [0.5, 0.6) is 0 Å². The largest absolute Gasteiger partial charge is 0.368 e. The molecule has 2 N–H and O–H groups in total. The van der Waals surface area contributed by atoms with E-state index in [4.69, 9.17) is 5.73 Å². The topological polar surface area (TPSA) is 32.5 Å². The fourth-order valence-electron chi connectivity index (χ4n) is 2.45. The first-order valence-electron chi connectivity index (χ1n) is 6.49. The number of likely N-dealkylation sites (N-methyl/N-ethyl adjacent to an activating group) is 1. The Labute approximate surface area is 108 Å². The van der Waals surface area contributed by atoms with Gasteiger partial charge in [0.1, 0.15) is 5.82 Å². The predicted molar refractivity (Wildman–Crippen MR) is 73.3 cm³/mol. The van der Waals surface area contributed by atoms with Gasteiger partial charge in [-0.15, -0.1) is 0 Å². The average Bonchev–Trinajstić information content (AvgIpc) is 2.32. The van der Waals surface area contributed by atoms with Gasteiger partial charge in [-0.25, -0.2) is 4.39 Å². The number of benzene rings is 1. The molecule has 0 spiro atoms. The van der Waals surface area contributed by atoms with E-state index < -0.39 is 0 Å². The highest BCUT2D eigenvalue weighted by Gasteiger charge is 2.23. The molecule has 1 aliphatic heterocycles. The van der Waals surface area contributed by atoms with Gasteiger partial charge in [-0.3, -0.25) is 0 Å². The predicted octanol–water partition coefficient (Wildman–Crippen LogP) is 1.99. The van der Waals surface area contributed by atoms with Crippen molar-refractivity contribution in [2.75, 3.05) is 31.6 Å². The molecule has 0 aromatic heterocycles. The number of halogens is 1. The standard InChI is InChI=1S/C14H22FN3/c1-10-9-18(7-6-17(10)3)14-5-4-12(15)8-13(14)11(2)16/h4-5,8,10-11H,6-7,9,16H2,1-3H3. The summed E-state index contributed by atoms with van der Waals surface area (Å²) in [4.78, 5) is 4.65. The van der Waals surface area contributed by atoms with Crippen LogP contribution in [-0.2, 0) is 0 Å². The zero-order valence-corrected chi connectivity index (χ0v) is 11.4. The van der Waals surface area contributed by atoms with Gasteiger partial charge in [0.05, 0.1) is 0 Å². The summed E-state index contributed by atoms with van der Waals surface area (Å²) in [5.41, 5.74) is 7.92. The lowest BCUT2D eigenvalue weighted by atomic mass is 10.0. The molecule has 1 saturated heterocycles. The highest BCUT2D eigenvalue weighted by molar-refractivity contribution is 5.55. The van der Waals surface area contributed by atoms with E-state index in [0.29, 0.717) is 6.04 Å². The second kappa shape index (κ2) is 5.24. The van der Waals surface area contributed by atoms with E-state index in [1.807, 2.05) is 13.0 Å². The molecule has 1 aromatic carbocycles. The van der Waals surface area contributed by atoms with Gasteiger partial charge in [0.25, 0.3) is 0 Å². The summed E-state index contributed by atoms with van der Waals surface area (Å²) in [7, 11) is 2.14. The monoisotopic (exact) mass is 251 g/mol. The molecule has 0 amide bonds. The minimum Gasteiger partial charge on any atom is -0.368 e. The molecule has 2 atom stereocenters. The van der Waals surface area contributed by atoms with Crippen molar-refractivity contribution in [1.29, 1.82) is 0 Å². The Morgan fingerprint density at radius 1 is 1.39 bits per heavy atom. The summed E-state index contributed by atoms with van der Waals surface area (Å²) in [6.45, 7) is 7.06. The van der Waals surface area contributed by atoms with Gasteiger partial charge in [0.15, 0.2) is 0 Å². The van der Waals surface area contributed by atoms with Crippen LogP contribution in [0.3, 0.4) is 0 Å². The number of hydrogen-bond acceptors (Lipinski definition) is 3. The third-order valence-electron chi connectivity index (χ3n) is 3.78. The second-order valence-corrected chi connectivity index (χ2v) is 5.27. The highest BCUT2D eigenvalue weighted by Crippen LogP contribution is 2.27. The maximum Gasteiger partial charge on any atom is 0.123 e. The van der Waals surface area contributed by atoms with Crippen LogP contribution in [0.15, 0.2) is 18.2 Å². The smallest absolute Gasteiger partial charge is 0.123 e. The summed E-state index contributed by atoms with van der Waals surface area (Å²) in [5, 5.41) is 0. The maximum atomic E-state index is 13.3. The van der Waals surface area contributed by atoms with Crippen molar-refractivity contribution in [3.05, 3.63) is 29.6 Å². The van der Waals surface area contributed by atoms with E-state index in [9.17, 15) is 4.39 Å². The minimum atomic E-state index is -0.215. The van der Waals surface area contributed by atoms with Crippen molar-refractivity contribution < 1.29 is 4.39 Å². The molecular formula is C14H22FN3. The Bertz CT molecular complexity index is 420. The number of hydrogen-bond donors (Lipinski definition) is 1. The first kappa shape index (κ1) is 13.3. The van der Waals surface area contributed by atoms with Crippen LogP contribution in [0.2, 0.25) is 0 Å². The van der Waals surface area contributed by atoms with Crippen molar-refractivity contribution >= 4 is 5.69 Å². The van der Waals surface area contributed by atoms with Gasteiger partial charge in [0.2, 0.25) is 0 Å². The molecule has 2 unspecified atom stereocenters. The molecule has 4 heteroatoms. The van der Waals surface area contributed by atoms with Crippen molar-refractivity contribution in [3.63, 3.8) is 0 Å². The molecule has 0 bridgehead atoms. The summed E-state index contributed by atoms with van der Waals surface area (Å²) < 4.78 is 13.3. The van der Waals surface area contributed by atoms with E-state index in [2.05, 4.69) is 23.8 Å². The Morgan fingerprint density at radius 2 is 2.11 bits per heavy atom. The summed E-state index contributed by atoms with van der Waals surface area (Å²) >= 11 is 0. The lowest BCUT2D eigenvalue weighted by Crippen LogP contribution is -2.50. The molecule has 0 saturated carbocycles. The quantitative estimate of drug-likeness (QED) is 0.872. The fourth-order valence-corrected chi connectivity index (χ4v) is 2.45. The van der Waals surface area contributed by atoms with Crippen LogP contribution >= 0.6 is 0 Å². The molecule has 3 nitrogen and oxygen atoms in total. The van der Waals surface area contributed by atoms with E-state index >= 15 is 0 Å². The first-order chi connectivity index (χ1) is 8.49. The zero-order valence-electron chi connectivity index (χ0n) is 11.4. The fraction of sp³-hybridized carbons (Fsp3) is 0.571. The summed E-state index contributed by atoms with van der Waals surface area (Å²) in [6.07, 6.45) is 0. The SMILES string of the molecule is CC(N)c1cc(F)ccc1N1CCN(C)C(C)C1. The summed E-state index contributed by atoms with van der Waals surface area (Å²) in [5.74, 6) is -0.215. The van der Waals surface area contributed by atoms with Crippen molar-refractivity contribution in [2.45, 2.75) is 25.9 Å². The summed E-state index contributed by atoms with van der Waals surface area (Å²) in [6, 6.07) is 5.29. The number of piperazine rings is 1. The molecular weight excluding hydrogens is 229 g/mol. The molecule has 1 aliphatic rings. The second-order valence-electron chi connectivity index (χ2n) is 5.27. The average molecular weight is 251 g/mol. The Morgan fingerprint density at radius 3 is 2.72 bits per heavy atom. The third-order valence-corrected chi connectivity index (χ3v) is 3.78. The van der Waals surface area contributed by atoms with E-state index in [-0.39, 0.29) is 11.9 Å². The van der Waals surface area contributed by atoms with Crippen LogP contribution in [0.25, 0.3) is 0 Å². The van der Waals surface area contributed by atoms with Gasteiger partial charge in [-0.2, -0.15) is 0 Å². The van der Waals surface area contributed by atoms with Gasteiger partial charge in [0, 0.05) is 37.4 Å². The Kier molecular flexibility index (Phi) is 3.88. The van der Waals surface area contributed by atoms with Crippen LogP contribution in [-0.4, -0.2) is 37.6 Å². The molecule has 0 aliphatic carbocycles. The minimum absolute atomic E-state index is 0.148. The molecule has 18 heavy (non-hydrogen) atoms. The molecule has 2 rings (SSSR count). The first-order valence-corrected chi connectivity index (χ1v) is 6.49. The van der Waals surface area contributed by atoms with Crippen LogP contribution in [0.4, 0.5) is 10.1 Å². The molecule has 0 radical (unpaired) electrons. The van der Waals surface area contributed by atoms with Gasteiger partial charge in [-0.05, 0) is 44.7 Å². The van der Waals surface area contributed by atoms with Crippen LogP contribution in [0, 0.1) is 5.82 Å². The normalized spacial score (nSPS) is 23.2. The zero-order chi connectivity index (χ0) is 13.3. The Hall–Kier alpha value is -1.13. The number of rotatable bonds is 2. The number of nitrogens with zero attached hydrogens (tertiary/aromatic N) is 2. The van der Waals surface area contributed by atoms with Crippen molar-refractivity contribution in [3.8, 4) is 0 Å². The lowest BCUT2D eigenvalue weighted by molar-refractivity contribution is 0.234. The molecule has 1 fully saturated rings. The van der Waals surface area contributed by atoms with Crippen LogP contribution in [0.1, 0.15) is 25.5 Å². The third kappa shape index (κ3) is 2.65. The molecule has 1 aromatic rings. The highest BCUT2D eigenvalue weighted by atomic mass is 19.1. The maximum absolute atomic E-state index is 13.3. The lowest BCUT2D eigenvalue weighted by Gasteiger charge is -2.40. The number of nitrogens with two attached hydrogens (primary N) is 1. The van der Waals surface area contributed by atoms with Crippen LogP contribution < -0.4 is 10.6 Å².